The molecule has 0 heterocycles. The quantitative estimate of drug-likeness (QED) is 0.797. The molecule has 2 aromatic carbocycles. The number of nitrogens with one attached hydrogen (secondary N) is 1. The van der Waals surface area contributed by atoms with Crippen LogP contribution < -0.4 is 5.32 Å². The lowest BCUT2D eigenvalue weighted by Gasteiger charge is -2.27. The summed E-state index contributed by atoms with van der Waals surface area (Å²) in [6.07, 6.45) is 0.0730. The van der Waals surface area contributed by atoms with Crippen LogP contribution in [0.1, 0.15) is 31.0 Å². The Balaban J connectivity index is 2.00. The molecule has 2 amide bonds. The number of amides is 2. The van der Waals surface area contributed by atoms with Crippen LogP contribution >= 0.6 is 11.6 Å². The van der Waals surface area contributed by atoms with E-state index in [0.717, 1.165) is 5.56 Å². The highest BCUT2D eigenvalue weighted by atomic mass is 35.5. The molecule has 2 rings (SSSR count). The summed E-state index contributed by atoms with van der Waals surface area (Å²) in [5.74, 6) is -1.22. The Labute approximate surface area is 151 Å². The van der Waals surface area contributed by atoms with Crippen LogP contribution in [0.2, 0.25) is 5.02 Å². The van der Waals surface area contributed by atoms with E-state index in [1.54, 1.807) is 26.1 Å². The molecule has 2 atom stereocenters. The summed E-state index contributed by atoms with van der Waals surface area (Å²) in [7, 11) is 1.66. The number of hydrogen-bond donors (Lipinski definition) is 1. The Hall–Kier alpha value is -2.14. The lowest BCUT2D eigenvalue weighted by atomic mass is 10.1. The Morgan fingerprint density at radius 1 is 1.16 bits per heavy atom. The van der Waals surface area contributed by atoms with Crippen LogP contribution in [0.3, 0.4) is 0 Å². The molecule has 0 aliphatic heterocycles. The van der Waals surface area contributed by atoms with E-state index in [0.29, 0.717) is 5.02 Å². The first-order valence-corrected chi connectivity index (χ1v) is 8.39. The van der Waals surface area contributed by atoms with Gasteiger partial charge in [-0.25, -0.2) is 13.6 Å². The lowest BCUT2D eigenvalue weighted by molar-refractivity contribution is 0.191. The van der Waals surface area contributed by atoms with Gasteiger partial charge in [0, 0.05) is 23.7 Å². The first kappa shape index (κ1) is 19.2. The second-order valence-corrected chi connectivity index (χ2v) is 6.53. The van der Waals surface area contributed by atoms with Gasteiger partial charge in [0.2, 0.25) is 0 Å². The molecular weight excluding hydrogens is 346 g/mol. The molecule has 3 nitrogen and oxygen atoms in total. The second kappa shape index (κ2) is 8.30. The van der Waals surface area contributed by atoms with Gasteiger partial charge in [0.15, 0.2) is 0 Å². The summed E-state index contributed by atoms with van der Waals surface area (Å²) in [4.78, 5) is 13.9. The standard InChI is InChI=1S/C19H21ClF2N2O/c1-12(10-16-17(21)8-5-9-18(16)22)23-19(25)24(3)13(2)14-6-4-7-15(20)11-14/h4-9,11-13H,10H2,1-3H3,(H,23,25). The fourth-order valence-corrected chi connectivity index (χ4v) is 2.76. The normalized spacial score (nSPS) is 13.2. The zero-order valence-corrected chi connectivity index (χ0v) is 15.1. The van der Waals surface area contributed by atoms with E-state index in [-0.39, 0.29) is 24.1 Å². The number of rotatable bonds is 5. The highest BCUT2D eigenvalue weighted by molar-refractivity contribution is 6.30. The molecule has 0 bridgehead atoms. The fourth-order valence-electron chi connectivity index (χ4n) is 2.56. The first-order valence-electron chi connectivity index (χ1n) is 8.01. The summed E-state index contributed by atoms with van der Waals surface area (Å²) < 4.78 is 27.4. The van der Waals surface area contributed by atoms with Gasteiger partial charge < -0.3 is 10.2 Å². The van der Waals surface area contributed by atoms with Gasteiger partial charge in [0.25, 0.3) is 0 Å². The molecule has 0 aromatic heterocycles. The third-order valence-electron chi connectivity index (χ3n) is 4.17. The molecule has 25 heavy (non-hydrogen) atoms. The van der Waals surface area contributed by atoms with Crippen LogP contribution in [0.25, 0.3) is 0 Å². The predicted molar refractivity (Wildman–Crippen MR) is 95.7 cm³/mol. The molecular formula is C19H21ClF2N2O. The maximum atomic E-state index is 13.7. The number of urea groups is 1. The highest BCUT2D eigenvalue weighted by Gasteiger charge is 2.20. The maximum Gasteiger partial charge on any atom is 0.317 e. The van der Waals surface area contributed by atoms with Crippen molar-refractivity contribution in [3.05, 3.63) is 70.2 Å². The minimum atomic E-state index is -0.609. The fraction of sp³-hybridized carbons (Fsp3) is 0.316. The van der Waals surface area contributed by atoms with Crippen molar-refractivity contribution in [1.29, 1.82) is 0 Å². The van der Waals surface area contributed by atoms with E-state index >= 15 is 0 Å². The number of carbonyl (C=O) groups excluding carboxylic acids is 1. The van der Waals surface area contributed by atoms with E-state index in [1.165, 1.54) is 23.1 Å². The maximum absolute atomic E-state index is 13.7. The SMILES string of the molecule is CC(Cc1c(F)cccc1F)NC(=O)N(C)C(C)c1cccc(Cl)c1. The zero-order valence-electron chi connectivity index (χ0n) is 14.4. The Morgan fingerprint density at radius 2 is 1.76 bits per heavy atom. The molecule has 0 radical (unpaired) electrons. The average molecular weight is 367 g/mol. The molecule has 0 saturated carbocycles. The van der Waals surface area contributed by atoms with Crippen LogP contribution in [0.5, 0.6) is 0 Å². The molecule has 1 N–H and O–H groups in total. The van der Waals surface area contributed by atoms with Crippen LogP contribution in [0.4, 0.5) is 13.6 Å². The Bertz CT molecular complexity index is 734. The summed E-state index contributed by atoms with van der Waals surface area (Å²) in [6.45, 7) is 3.59. The number of hydrogen-bond acceptors (Lipinski definition) is 1. The third-order valence-corrected chi connectivity index (χ3v) is 4.41. The van der Waals surface area contributed by atoms with Gasteiger partial charge in [-0.2, -0.15) is 0 Å². The van der Waals surface area contributed by atoms with E-state index in [4.69, 9.17) is 11.6 Å². The summed E-state index contributed by atoms with van der Waals surface area (Å²) >= 11 is 5.99. The molecule has 2 unspecified atom stereocenters. The molecule has 0 aliphatic rings. The number of benzene rings is 2. The largest absolute Gasteiger partial charge is 0.335 e. The summed E-state index contributed by atoms with van der Waals surface area (Å²) in [5, 5.41) is 3.37. The van der Waals surface area contributed by atoms with E-state index in [9.17, 15) is 13.6 Å². The van der Waals surface area contributed by atoms with Crippen LogP contribution in [0, 0.1) is 11.6 Å². The van der Waals surface area contributed by atoms with Crippen molar-refractivity contribution in [3.63, 3.8) is 0 Å². The van der Waals surface area contributed by atoms with Crippen molar-refractivity contribution >= 4 is 17.6 Å². The Morgan fingerprint density at radius 3 is 2.36 bits per heavy atom. The van der Waals surface area contributed by atoms with Gasteiger partial charge in [0.05, 0.1) is 6.04 Å². The molecule has 0 aliphatic carbocycles. The van der Waals surface area contributed by atoms with E-state index in [1.807, 2.05) is 19.1 Å². The Kier molecular flexibility index (Phi) is 6.37. The van der Waals surface area contributed by atoms with Crippen LogP contribution in [-0.2, 0) is 6.42 Å². The molecule has 0 spiro atoms. The topological polar surface area (TPSA) is 32.3 Å². The molecule has 2 aromatic rings. The summed E-state index contributed by atoms with van der Waals surface area (Å²) in [6, 6.07) is 10.1. The minimum absolute atomic E-state index is 0.0270. The average Bonchev–Trinajstić information content (AvgIpc) is 2.57. The van der Waals surface area contributed by atoms with Gasteiger partial charge in [0.1, 0.15) is 11.6 Å². The number of halogens is 3. The smallest absolute Gasteiger partial charge is 0.317 e. The predicted octanol–water partition coefficient (Wildman–Crippen LogP) is 4.95. The van der Waals surface area contributed by atoms with Gasteiger partial charge in [-0.1, -0.05) is 29.8 Å². The third kappa shape index (κ3) is 4.92. The van der Waals surface area contributed by atoms with Crippen LogP contribution in [0.15, 0.2) is 42.5 Å². The summed E-state index contributed by atoms with van der Waals surface area (Å²) in [5.41, 5.74) is 0.874. The van der Waals surface area contributed by atoms with E-state index in [2.05, 4.69) is 5.32 Å². The van der Waals surface area contributed by atoms with Gasteiger partial charge in [-0.05, 0) is 50.1 Å². The monoisotopic (exact) mass is 366 g/mol. The van der Waals surface area contributed by atoms with E-state index < -0.39 is 17.7 Å². The highest BCUT2D eigenvalue weighted by Crippen LogP contribution is 2.22. The van der Waals surface area contributed by atoms with Crippen molar-refractivity contribution in [2.45, 2.75) is 32.4 Å². The minimum Gasteiger partial charge on any atom is -0.335 e. The molecule has 0 fully saturated rings. The first-order chi connectivity index (χ1) is 11.8. The van der Waals surface area contributed by atoms with Gasteiger partial charge >= 0.3 is 6.03 Å². The van der Waals surface area contributed by atoms with Gasteiger partial charge in [-0.3, -0.25) is 0 Å². The van der Waals surface area contributed by atoms with Gasteiger partial charge in [-0.15, -0.1) is 0 Å². The molecule has 6 heteroatoms. The van der Waals surface area contributed by atoms with Crippen molar-refractivity contribution in [3.8, 4) is 0 Å². The number of nitrogens with zero attached hydrogens (tertiary/aromatic N) is 1. The molecule has 134 valence electrons. The molecule has 0 saturated heterocycles. The van der Waals surface area contributed by atoms with Crippen molar-refractivity contribution in [2.75, 3.05) is 7.05 Å². The zero-order chi connectivity index (χ0) is 18.6. The van der Waals surface area contributed by atoms with Crippen molar-refractivity contribution in [1.82, 2.24) is 10.2 Å². The van der Waals surface area contributed by atoms with Crippen LogP contribution in [-0.4, -0.2) is 24.0 Å². The second-order valence-electron chi connectivity index (χ2n) is 6.10. The lowest BCUT2D eigenvalue weighted by Crippen LogP contribution is -2.43. The van der Waals surface area contributed by atoms with Crippen molar-refractivity contribution in [2.24, 2.45) is 0 Å². The van der Waals surface area contributed by atoms with Crippen molar-refractivity contribution < 1.29 is 13.6 Å². The number of carbonyl (C=O) groups is 1.